The first-order chi connectivity index (χ1) is 8.84. The van der Waals surface area contributed by atoms with Gasteiger partial charge in [-0.3, -0.25) is 0 Å². The van der Waals surface area contributed by atoms with Gasteiger partial charge in [-0.05, 0) is 23.1 Å². The summed E-state index contributed by atoms with van der Waals surface area (Å²) in [6, 6.07) is 19.1. The zero-order chi connectivity index (χ0) is 12.4. The van der Waals surface area contributed by atoms with E-state index in [0.717, 1.165) is 25.2 Å². The molecular weight excluding hydrogens is 218 g/mol. The third-order valence-corrected chi connectivity index (χ3v) is 3.62. The van der Waals surface area contributed by atoms with Gasteiger partial charge in [0.2, 0.25) is 0 Å². The highest BCUT2D eigenvalue weighted by molar-refractivity contribution is 5.62. The first-order valence-corrected chi connectivity index (χ1v) is 6.40. The monoisotopic (exact) mass is 235 g/mol. The lowest BCUT2D eigenvalue weighted by molar-refractivity contribution is 0.374. The van der Waals surface area contributed by atoms with E-state index in [2.05, 4.69) is 60.0 Å². The lowest BCUT2D eigenvalue weighted by Gasteiger charge is -2.32. The molecule has 2 aromatic carbocycles. The van der Waals surface area contributed by atoms with E-state index in [0.29, 0.717) is 0 Å². The van der Waals surface area contributed by atoms with Crippen molar-refractivity contribution in [1.29, 1.82) is 0 Å². The van der Waals surface area contributed by atoms with Gasteiger partial charge in [-0.15, -0.1) is 0 Å². The van der Waals surface area contributed by atoms with E-state index in [1.54, 1.807) is 0 Å². The summed E-state index contributed by atoms with van der Waals surface area (Å²) in [5.41, 5.74) is 5.26. The van der Waals surface area contributed by atoms with Crippen LogP contribution in [-0.4, -0.2) is 11.4 Å². The quantitative estimate of drug-likeness (QED) is 0.767. The summed E-state index contributed by atoms with van der Waals surface area (Å²) in [4.78, 5) is 2.37. The maximum absolute atomic E-state index is 4.25. The molecule has 1 heterocycles. The largest absolute Gasteiger partial charge is 0.367 e. The van der Waals surface area contributed by atoms with E-state index in [1.807, 2.05) is 6.07 Å². The molecule has 0 saturated heterocycles. The Hall–Kier alpha value is -2.02. The fourth-order valence-electron chi connectivity index (χ4n) is 2.54. The van der Waals surface area contributed by atoms with Crippen LogP contribution in [0.4, 0.5) is 0 Å². The second-order valence-electron chi connectivity index (χ2n) is 4.75. The van der Waals surface area contributed by atoms with Crippen LogP contribution in [0.1, 0.15) is 16.7 Å². The van der Waals surface area contributed by atoms with Gasteiger partial charge >= 0.3 is 0 Å². The van der Waals surface area contributed by atoms with Crippen LogP contribution in [-0.2, 0) is 13.0 Å². The normalized spacial score (nSPS) is 14.1. The topological polar surface area (TPSA) is 3.24 Å². The van der Waals surface area contributed by atoms with Crippen LogP contribution in [0, 0.1) is 0 Å². The molecule has 0 N–H and O–H groups in total. The first kappa shape index (κ1) is 11.1. The average Bonchev–Trinajstić information content (AvgIpc) is 2.47. The van der Waals surface area contributed by atoms with Gasteiger partial charge < -0.3 is 4.90 Å². The van der Waals surface area contributed by atoms with Crippen LogP contribution in [0.25, 0.3) is 5.70 Å². The van der Waals surface area contributed by atoms with Crippen LogP contribution in [0.3, 0.4) is 0 Å². The minimum absolute atomic E-state index is 0.976. The molecule has 0 atom stereocenters. The summed E-state index contributed by atoms with van der Waals surface area (Å²) >= 11 is 0. The SMILES string of the molecule is C=C(c1ccccc1)N1CCc2ccccc2C1. The van der Waals surface area contributed by atoms with Gasteiger partial charge in [0, 0.05) is 18.8 Å². The van der Waals surface area contributed by atoms with Gasteiger partial charge in [0.05, 0.1) is 0 Å². The zero-order valence-corrected chi connectivity index (χ0v) is 10.5. The number of nitrogens with zero attached hydrogens (tertiary/aromatic N) is 1. The van der Waals surface area contributed by atoms with E-state index in [9.17, 15) is 0 Å². The zero-order valence-electron chi connectivity index (χ0n) is 10.5. The van der Waals surface area contributed by atoms with Crippen LogP contribution < -0.4 is 0 Å². The molecule has 2 aromatic rings. The van der Waals surface area contributed by atoms with E-state index in [-0.39, 0.29) is 0 Å². The summed E-state index contributed by atoms with van der Waals surface area (Å²) in [6.45, 7) is 6.28. The Kier molecular flexibility index (Phi) is 2.89. The molecule has 1 nitrogen and oxygen atoms in total. The number of rotatable bonds is 2. The standard InChI is InChI=1S/C17H17N/c1-14(15-7-3-2-4-8-15)18-12-11-16-9-5-6-10-17(16)13-18/h2-10H,1,11-13H2. The molecule has 0 aliphatic carbocycles. The van der Waals surface area contributed by atoms with E-state index >= 15 is 0 Å². The maximum Gasteiger partial charge on any atom is 0.0432 e. The highest BCUT2D eigenvalue weighted by atomic mass is 15.1. The molecule has 0 unspecified atom stereocenters. The second-order valence-corrected chi connectivity index (χ2v) is 4.75. The third-order valence-electron chi connectivity index (χ3n) is 3.62. The number of hydrogen-bond acceptors (Lipinski definition) is 1. The van der Waals surface area contributed by atoms with Crippen molar-refractivity contribution in [3.8, 4) is 0 Å². The summed E-state index contributed by atoms with van der Waals surface area (Å²) < 4.78 is 0. The molecule has 1 aliphatic rings. The lowest BCUT2D eigenvalue weighted by atomic mass is 9.99. The molecule has 0 amide bonds. The predicted octanol–water partition coefficient (Wildman–Crippen LogP) is 3.72. The second kappa shape index (κ2) is 4.69. The summed E-state index contributed by atoms with van der Waals surface area (Å²) in [6.07, 6.45) is 1.11. The summed E-state index contributed by atoms with van der Waals surface area (Å²) in [7, 11) is 0. The molecule has 0 radical (unpaired) electrons. The van der Waals surface area contributed by atoms with Crippen molar-refractivity contribution >= 4 is 5.70 Å². The fraction of sp³-hybridized carbons (Fsp3) is 0.176. The summed E-state index contributed by atoms with van der Waals surface area (Å²) in [5.74, 6) is 0. The fourth-order valence-corrected chi connectivity index (χ4v) is 2.54. The van der Waals surface area contributed by atoms with Crippen LogP contribution >= 0.6 is 0 Å². The van der Waals surface area contributed by atoms with Crippen molar-refractivity contribution in [2.24, 2.45) is 0 Å². The predicted molar refractivity (Wildman–Crippen MR) is 76.0 cm³/mol. The molecule has 18 heavy (non-hydrogen) atoms. The Bertz CT molecular complexity index is 557. The Balaban J connectivity index is 1.82. The summed E-state index contributed by atoms with van der Waals surface area (Å²) in [5, 5.41) is 0. The van der Waals surface area contributed by atoms with Crippen LogP contribution in [0.15, 0.2) is 61.2 Å². The van der Waals surface area contributed by atoms with Crippen molar-refractivity contribution < 1.29 is 0 Å². The molecule has 0 fully saturated rings. The molecule has 0 saturated carbocycles. The molecule has 90 valence electrons. The van der Waals surface area contributed by atoms with Crippen molar-refractivity contribution in [1.82, 2.24) is 4.90 Å². The highest BCUT2D eigenvalue weighted by Crippen LogP contribution is 2.25. The Morgan fingerprint density at radius 1 is 0.889 bits per heavy atom. The number of fused-ring (bicyclic) bond motifs is 1. The Labute approximate surface area is 108 Å². The van der Waals surface area contributed by atoms with Gasteiger partial charge in [-0.1, -0.05) is 61.2 Å². The molecule has 1 aliphatic heterocycles. The third kappa shape index (κ3) is 2.04. The number of hydrogen-bond donors (Lipinski definition) is 0. The number of benzene rings is 2. The van der Waals surface area contributed by atoms with Crippen molar-refractivity contribution in [2.45, 2.75) is 13.0 Å². The minimum Gasteiger partial charge on any atom is -0.367 e. The minimum atomic E-state index is 0.976. The Morgan fingerprint density at radius 3 is 2.33 bits per heavy atom. The highest BCUT2D eigenvalue weighted by Gasteiger charge is 2.17. The van der Waals surface area contributed by atoms with Gasteiger partial charge in [0.25, 0.3) is 0 Å². The molecule has 0 bridgehead atoms. The Morgan fingerprint density at radius 2 is 1.56 bits per heavy atom. The molecule has 0 aromatic heterocycles. The molecule has 0 spiro atoms. The van der Waals surface area contributed by atoms with Gasteiger partial charge in [-0.2, -0.15) is 0 Å². The van der Waals surface area contributed by atoms with Crippen LogP contribution in [0.5, 0.6) is 0 Å². The molecule has 3 rings (SSSR count). The van der Waals surface area contributed by atoms with Gasteiger partial charge in [0.15, 0.2) is 0 Å². The molecular formula is C17H17N. The van der Waals surface area contributed by atoms with Crippen molar-refractivity contribution in [3.63, 3.8) is 0 Å². The van der Waals surface area contributed by atoms with Crippen molar-refractivity contribution in [3.05, 3.63) is 77.9 Å². The van der Waals surface area contributed by atoms with Crippen LogP contribution in [0.2, 0.25) is 0 Å². The van der Waals surface area contributed by atoms with Gasteiger partial charge in [-0.25, -0.2) is 0 Å². The first-order valence-electron chi connectivity index (χ1n) is 6.40. The smallest absolute Gasteiger partial charge is 0.0432 e. The molecule has 1 heteroatoms. The van der Waals surface area contributed by atoms with Gasteiger partial charge in [0.1, 0.15) is 0 Å². The van der Waals surface area contributed by atoms with Crippen molar-refractivity contribution in [2.75, 3.05) is 6.54 Å². The maximum atomic E-state index is 4.25. The van der Waals surface area contributed by atoms with E-state index in [1.165, 1.54) is 16.7 Å². The van der Waals surface area contributed by atoms with E-state index in [4.69, 9.17) is 0 Å². The average molecular weight is 235 g/mol. The van der Waals surface area contributed by atoms with E-state index < -0.39 is 0 Å². The lowest BCUT2D eigenvalue weighted by Crippen LogP contribution is -2.28.